The van der Waals surface area contributed by atoms with Gasteiger partial charge < -0.3 is 30.8 Å². The Morgan fingerprint density at radius 1 is 1.06 bits per heavy atom. The van der Waals surface area contributed by atoms with Gasteiger partial charge in [-0.2, -0.15) is 0 Å². The Kier molecular flexibility index (Phi) is 9.47. The SMILES string of the molecule is COC(=O)[C@H](Cc1ccccc1)NC(=O)c1ccc(NC(=O)c2cc(Br)c(Br)[nH]2)c(OCCN)c1. The van der Waals surface area contributed by atoms with E-state index in [2.05, 4.69) is 47.5 Å². The Labute approximate surface area is 219 Å². The molecule has 0 aliphatic rings. The van der Waals surface area contributed by atoms with Gasteiger partial charge >= 0.3 is 5.97 Å². The number of methoxy groups -OCH3 is 1. The number of nitrogens with one attached hydrogen (secondary N) is 3. The fraction of sp³-hybridized carbons (Fsp3) is 0.208. The number of hydrogen-bond donors (Lipinski definition) is 4. The van der Waals surface area contributed by atoms with Crippen LogP contribution in [0, 0.1) is 0 Å². The quantitative estimate of drug-likeness (QED) is 0.260. The van der Waals surface area contributed by atoms with E-state index >= 15 is 0 Å². The van der Waals surface area contributed by atoms with Crippen molar-refractivity contribution in [3.05, 3.63) is 80.5 Å². The maximum Gasteiger partial charge on any atom is 0.328 e. The number of ether oxygens (including phenoxy) is 2. The van der Waals surface area contributed by atoms with Gasteiger partial charge in [-0.3, -0.25) is 9.59 Å². The average Bonchev–Trinajstić information content (AvgIpc) is 3.21. The van der Waals surface area contributed by atoms with Gasteiger partial charge in [-0.1, -0.05) is 30.3 Å². The summed E-state index contributed by atoms with van der Waals surface area (Å²) in [5.41, 5.74) is 7.35. The summed E-state index contributed by atoms with van der Waals surface area (Å²) in [7, 11) is 1.27. The highest BCUT2D eigenvalue weighted by molar-refractivity contribution is 9.13. The zero-order valence-electron chi connectivity index (χ0n) is 18.8. The van der Waals surface area contributed by atoms with Crippen LogP contribution in [0.2, 0.25) is 0 Å². The average molecular weight is 608 g/mol. The molecule has 0 radical (unpaired) electrons. The fourth-order valence-corrected chi connectivity index (χ4v) is 3.85. The van der Waals surface area contributed by atoms with Crippen LogP contribution in [0.25, 0.3) is 0 Å². The third-order valence-electron chi connectivity index (χ3n) is 4.91. The highest BCUT2D eigenvalue weighted by Crippen LogP contribution is 2.28. The standard InChI is InChI=1S/C24H24Br2N4O5/c1-34-24(33)19(11-14-5-3-2-4-6-14)30-22(31)15-7-8-17(20(12-15)35-10-9-27)29-23(32)18-13-16(25)21(26)28-18/h2-8,12-13,19,28H,9-11,27H2,1H3,(H,29,32)(H,30,31)/t19-/m0/s1. The molecule has 0 spiro atoms. The largest absolute Gasteiger partial charge is 0.490 e. The van der Waals surface area contributed by atoms with Gasteiger partial charge in [0.2, 0.25) is 0 Å². The van der Waals surface area contributed by atoms with E-state index in [0.717, 1.165) is 5.56 Å². The van der Waals surface area contributed by atoms with Gasteiger partial charge in [0, 0.05) is 18.5 Å². The summed E-state index contributed by atoms with van der Waals surface area (Å²) in [5, 5.41) is 5.47. The summed E-state index contributed by atoms with van der Waals surface area (Å²) < 4.78 is 11.9. The number of halogens is 2. The lowest BCUT2D eigenvalue weighted by atomic mass is 10.1. The summed E-state index contributed by atoms with van der Waals surface area (Å²) in [4.78, 5) is 40.8. The molecule has 9 nitrogen and oxygen atoms in total. The smallest absolute Gasteiger partial charge is 0.328 e. The maximum atomic E-state index is 13.0. The minimum Gasteiger partial charge on any atom is -0.490 e. The number of benzene rings is 2. The van der Waals surface area contributed by atoms with E-state index in [0.29, 0.717) is 20.5 Å². The molecule has 0 bridgehead atoms. The van der Waals surface area contributed by atoms with Gasteiger partial charge in [-0.05, 0) is 61.7 Å². The molecule has 0 saturated heterocycles. The number of amides is 2. The first-order chi connectivity index (χ1) is 16.8. The highest BCUT2D eigenvalue weighted by Gasteiger charge is 2.23. The Hall–Kier alpha value is -3.15. The van der Waals surface area contributed by atoms with Crippen LogP contribution in [0.1, 0.15) is 26.4 Å². The summed E-state index contributed by atoms with van der Waals surface area (Å²) in [5.74, 6) is -1.20. The second-order valence-corrected chi connectivity index (χ2v) is 9.03. The van der Waals surface area contributed by atoms with E-state index in [9.17, 15) is 14.4 Å². The zero-order chi connectivity index (χ0) is 25.4. The molecule has 0 unspecified atom stereocenters. The molecule has 184 valence electrons. The number of hydrogen-bond acceptors (Lipinski definition) is 6. The lowest BCUT2D eigenvalue weighted by molar-refractivity contribution is -0.142. The van der Waals surface area contributed by atoms with Crippen molar-refractivity contribution in [1.29, 1.82) is 0 Å². The van der Waals surface area contributed by atoms with Gasteiger partial charge in [0.25, 0.3) is 11.8 Å². The van der Waals surface area contributed by atoms with Crippen molar-refractivity contribution in [3.63, 3.8) is 0 Å². The molecular weight excluding hydrogens is 584 g/mol. The second-order valence-electron chi connectivity index (χ2n) is 7.39. The molecular formula is C24H24Br2N4O5. The first-order valence-corrected chi connectivity index (χ1v) is 12.2. The van der Waals surface area contributed by atoms with E-state index in [1.807, 2.05) is 30.3 Å². The lowest BCUT2D eigenvalue weighted by Crippen LogP contribution is -2.43. The number of nitrogens with two attached hydrogens (primary N) is 1. The van der Waals surface area contributed by atoms with E-state index in [1.54, 1.807) is 12.1 Å². The molecule has 2 amide bonds. The number of aromatic amines is 1. The number of carbonyl (C=O) groups excluding carboxylic acids is 3. The molecule has 3 rings (SSSR count). The number of esters is 1. The maximum absolute atomic E-state index is 13.0. The molecule has 11 heteroatoms. The van der Waals surface area contributed by atoms with Gasteiger partial charge in [0.1, 0.15) is 24.1 Å². The Balaban J connectivity index is 1.80. The van der Waals surface area contributed by atoms with Crippen molar-refractivity contribution in [1.82, 2.24) is 10.3 Å². The van der Waals surface area contributed by atoms with Crippen LogP contribution in [0.5, 0.6) is 5.75 Å². The summed E-state index contributed by atoms with van der Waals surface area (Å²) in [6.07, 6.45) is 0.269. The van der Waals surface area contributed by atoms with E-state index in [4.69, 9.17) is 15.2 Å². The Morgan fingerprint density at radius 2 is 1.80 bits per heavy atom. The number of carbonyl (C=O) groups is 3. The van der Waals surface area contributed by atoms with Crippen LogP contribution in [0.4, 0.5) is 5.69 Å². The first kappa shape index (κ1) is 26.5. The van der Waals surface area contributed by atoms with Crippen LogP contribution in [-0.2, 0) is 16.0 Å². The Morgan fingerprint density at radius 3 is 2.43 bits per heavy atom. The van der Waals surface area contributed by atoms with Gasteiger partial charge in [-0.25, -0.2) is 4.79 Å². The van der Waals surface area contributed by atoms with Gasteiger partial charge in [0.15, 0.2) is 0 Å². The normalized spacial score (nSPS) is 11.4. The molecule has 0 saturated carbocycles. The molecule has 0 aliphatic carbocycles. The summed E-state index contributed by atoms with van der Waals surface area (Å²) >= 11 is 6.63. The zero-order valence-corrected chi connectivity index (χ0v) is 21.9. The third-order valence-corrected chi connectivity index (χ3v) is 6.69. The minimum absolute atomic E-state index is 0.173. The van der Waals surface area contributed by atoms with Gasteiger partial charge in [-0.15, -0.1) is 0 Å². The van der Waals surface area contributed by atoms with Crippen LogP contribution >= 0.6 is 31.9 Å². The number of rotatable bonds is 10. The molecule has 3 aromatic rings. The monoisotopic (exact) mass is 606 g/mol. The van der Waals surface area contributed by atoms with Crippen molar-refractivity contribution in [3.8, 4) is 5.75 Å². The van der Waals surface area contributed by atoms with E-state index in [-0.39, 0.29) is 30.9 Å². The fourth-order valence-electron chi connectivity index (χ4n) is 3.20. The summed E-state index contributed by atoms with van der Waals surface area (Å²) in [6.45, 7) is 0.411. The van der Waals surface area contributed by atoms with E-state index in [1.165, 1.54) is 19.2 Å². The number of H-pyrrole nitrogens is 1. The van der Waals surface area contributed by atoms with Crippen molar-refractivity contribution in [2.75, 3.05) is 25.6 Å². The van der Waals surface area contributed by atoms with Gasteiger partial charge in [0.05, 0.1) is 21.9 Å². The highest BCUT2D eigenvalue weighted by atomic mass is 79.9. The first-order valence-electron chi connectivity index (χ1n) is 10.6. The van der Waals surface area contributed by atoms with Crippen molar-refractivity contribution >= 4 is 55.3 Å². The molecule has 0 aliphatic heterocycles. The van der Waals surface area contributed by atoms with Crippen LogP contribution in [0.3, 0.4) is 0 Å². The predicted molar refractivity (Wildman–Crippen MR) is 139 cm³/mol. The van der Waals surface area contributed by atoms with E-state index < -0.39 is 23.8 Å². The third kappa shape index (κ3) is 7.17. The molecule has 0 fully saturated rings. The van der Waals surface area contributed by atoms with Crippen molar-refractivity contribution in [2.24, 2.45) is 5.73 Å². The second kappa shape index (κ2) is 12.5. The predicted octanol–water partition coefficient (Wildman–Crippen LogP) is 3.64. The Bertz CT molecular complexity index is 1180. The van der Waals surface area contributed by atoms with Crippen LogP contribution in [0.15, 0.2) is 63.7 Å². The molecule has 35 heavy (non-hydrogen) atoms. The molecule has 1 heterocycles. The van der Waals surface area contributed by atoms with Crippen LogP contribution in [-0.4, -0.2) is 49.1 Å². The van der Waals surface area contributed by atoms with Crippen LogP contribution < -0.4 is 21.1 Å². The summed E-state index contributed by atoms with van der Waals surface area (Å²) in [6, 6.07) is 14.6. The molecule has 1 aromatic heterocycles. The molecule has 5 N–H and O–H groups in total. The number of aromatic nitrogens is 1. The molecule has 2 aromatic carbocycles. The number of anilines is 1. The molecule has 1 atom stereocenters. The topological polar surface area (TPSA) is 136 Å². The van der Waals surface area contributed by atoms with Crippen molar-refractivity contribution in [2.45, 2.75) is 12.5 Å². The van der Waals surface area contributed by atoms with Crippen molar-refractivity contribution < 1.29 is 23.9 Å². The minimum atomic E-state index is -0.882. The lowest BCUT2D eigenvalue weighted by Gasteiger charge is -2.18.